The fraction of sp³-hybridized carbons (Fsp3) is 0.136. The number of carbonyl (C=O) groups excluding carboxylic acids is 1. The number of thioether (sulfide) groups is 1. The Morgan fingerprint density at radius 2 is 1.77 bits per heavy atom. The number of aromatic nitrogens is 1. The van der Waals surface area contributed by atoms with E-state index >= 15 is 0 Å². The Hall–Kier alpha value is -3.32. The molecule has 35 heavy (non-hydrogen) atoms. The molecule has 1 saturated heterocycles. The highest BCUT2D eigenvalue weighted by atomic mass is 35.5. The first kappa shape index (κ1) is 24.8. The van der Waals surface area contributed by atoms with Gasteiger partial charge in [-0.2, -0.15) is 0 Å². The van der Waals surface area contributed by atoms with Gasteiger partial charge in [-0.05, 0) is 54.2 Å². The summed E-state index contributed by atoms with van der Waals surface area (Å²) in [4.78, 5) is 21.6. The molecule has 2 aromatic carbocycles. The Balaban J connectivity index is 1.68. The summed E-state index contributed by atoms with van der Waals surface area (Å²) >= 11 is 7.54. The minimum Gasteiger partial charge on any atom is -0.493 e. The number of amidine groups is 1. The van der Waals surface area contributed by atoms with Crippen LogP contribution >= 0.6 is 23.4 Å². The Morgan fingerprint density at radius 3 is 2.37 bits per heavy atom. The van der Waals surface area contributed by atoms with Crippen molar-refractivity contribution in [2.24, 2.45) is 10.1 Å². The zero-order valence-electron chi connectivity index (χ0n) is 18.7. The molecule has 1 fully saturated rings. The van der Waals surface area contributed by atoms with Gasteiger partial charge in [0.25, 0.3) is 5.91 Å². The van der Waals surface area contributed by atoms with E-state index in [1.165, 1.54) is 45.6 Å². The van der Waals surface area contributed by atoms with Gasteiger partial charge in [0.15, 0.2) is 16.7 Å². The van der Waals surface area contributed by atoms with Crippen LogP contribution in [0, 0.1) is 0 Å². The summed E-state index contributed by atoms with van der Waals surface area (Å²) in [6, 6.07) is 9.15. The third-order valence-corrected chi connectivity index (χ3v) is 7.07. The molecule has 10 nitrogen and oxygen atoms in total. The molecule has 0 aliphatic carbocycles. The summed E-state index contributed by atoms with van der Waals surface area (Å²) in [5.74, 6) is 0.853. The number of nitrogens with zero attached hydrogens (tertiary/aromatic N) is 2. The summed E-state index contributed by atoms with van der Waals surface area (Å²) in [6.07, 6.45) is 1.60. The number of primary sulfonamides is 1. The van der Waals surface area contributed by atoms with E-state index in [4.69, 9.17) is 31.0 Å². The number of carbonyl (C=O) groups is 1. The van der Waals surface area contributed by atoms with Crippen molar-refractivity contribution in [3.05, 3.63) is 52.0 Å². The van der Waals surface area contributed by atoms with Gasteiger partial charge in [-0.15, -0.1) is 0 Å². The standard InChI is InChI=1S/C22H19ClN4O6S2/c1-31-15-9-11-8-12(20(23)26-17(11)19(33-3)18(15)32-2)10-16-21(28)27-22(34-16)25-13-4-6-14(7-5-13)35(24,29)30/h4-10H,1-3H3,(H2,24,29,30)(H,25,27,28)/b16-10-. The Labute approximate surface area is 210 Å². The molecule has 3 N–H and O–H groups in total. The normalized spacial score (nSPS) is 16.1. The smallest absolute Gasteiger partial charge is 0.264 e. The number of pyridine rings is 1. The van der Waals surface area contributed by atoms with Crippen molar-refractivity contribution >= 4 is 67.1 Å². The molecule has 0 radical (unpaired) electrons. The summed E-state index contributed by atoms with van der Waals surface area (Å²) in [6.45, 7) is 0. The average molecular weight is 535 g/mol. The second-order valence-corrected chi connectivity index (χ2v) is 10.1. The molecule has 0 atom stereocenters. The van der Waals surface area contributed by atoms with E-state index in [0.29, 0.717) is 49.5 Å². The number of hydrogen-bond donors (Lipinski definition) is 2. The van der Waals surface area contributed by atoms with Gasteiger partial charge < -0.3 is 19.5 Å². The van der Waals surface area contributed by atoms with Crippen molar-refractivity contribution < 1.29 is 27.4 Å². The van der Waals surface area contributed by atoms with Gasteiger partial charge in [0, 0.05) is 10.9 Å². The summed E-state index contributed by atoms with van der Waals surface area (Å²) < 4.78 is 39.1. The zero-order chi connectivity index (χ0) is 25.3. The number of aliphatic imine (C=N–C) groups is 1. The van der Waals surface area contributed by atoms with E-state index in [9.17, 15) is 13.2 Å². The SMILES string of the molecule is COc1cc2cc(/C=C3\SC(=Nc4ccc(S(N)(=O)=O)cc4)NC3=O)c(Cl)nc2c(OC)c1OC. The van der Waals surface area contributed by atoms with Crippen molar-refractivity contribution in [1.29, 1.82) is 0 Å². The number of methoxy groups -OCH3 is 3. The number of sulfonamides is 1. The first-order valence-electron chi connectivity index (χ1n) is 9.86. The molecule has 0 spiro atoms. The quantitative estimate of drug-likeness (QED) is 0.361. The molecule has 1 aliphatic heterocycles. The molecule has 13 heteroatoms. The van der Waals surface area contributed by atoms with E-state index in [0.717, 1.165) is 11.8 Å². The molecule has 1 amide bonds. The van der Waals surface area contributed by atoms with Gasteiger partial charge in [0.1, 0.15) is 10.7 Å². The highest BCUT2D eigenvalue weighted by Crippen LogP contribution is 2.43. The number of nitrogens with one attached hydrogen (secondary N) is 1. The number of amides is 1. The maximum atomic E-state index is 12.5. The number of nitrogens with two attached hydrogens (primary N) is 1. The Morgan fingerprint density at radius 1 is 1.09 bits per heavy atom. The number of ether oxygens (including phenoxy) is 3. The second-order valence-electron chi connectivity index (χ2n) is 7.11. The van der Waals surface area contributed by atoms with Crippen LogP contribution in [0.5, 0.6) is 17.2 Å². The van der Waals surface area contributed by atoms with Crippen LogP contribution in [0.25, 0.3) is 17.0 Å². The lowest BCUT2D eigenvalue weighted by Crippen LogP contribution is -2.19. The van der Waals surface area contributed by atoms with Crippen molar-refractivity contribution in [3.8, 4) is 17.2 Å². The lowest BCUT2D eigenvalue weighted by molar-refractivity contribution is -0.115. The summed E-state index contributed by atoms with van der Waals surface area (Å²) in [5.41, 5.74) is 1.43. The molecule has 4 rings (SSSR count). The predicted molar refractivity (Wildman–Crippen MR) is 135 cm³/mol. The van der Waals surface area contributed by atoms with Gasteiger partial charge in [0.2, 0.25) is 15.8 Å². The summed E-state index contributed by atoms with van der Waals surface area (Å²) in [7, 11) is 0.694. The molecule has 1 aliphatic rings. The van der Waals surface area contributed by atoms with Gasteiger partial charge in [-0.1, -0.05) is 11.6 Å². The molecule has 0 unspecified atom stereocenters. The number of hydrogen-bond acceptors (Lipinski definition) is 9. The van der Waals surface area contributed by atoms with Crippen LogP contribution in [0.3, 0.4) is 0 Å². The van der Waals surface area contributed by atoms with Crippen molar-refractivity contribution in [3.63, 3.8) is 0 Å². The zero-order valence-corrected chi connectivity index (χ0v) is 21.0. The predicted octanol–water partition coefficient (Wildman–Crippen LogP) is 3.45. The van der Waals surface area contributed by atoms with Crippen LogP contribution in [0.1, 0.15) is 5.56 Å². The van der Waals surface area contributed by atoms with Crippen LogP contribution in [0.4, 0.5) is 5.69 Å². The van der Waals surface area contributed by atoms with Crippen LogP contribution in [-0.2, 0) is 14.8 Å². The van der Waals surface area contributed by atoms with E-state index in [-0.39, 0.29) is 16.0 Å². The van der Waals surface area contributed by atoms with Crippen LogP contribution in [0.2, 0.25) is 5.15 Å². The Bertz CT molecular complexity index is 1500. The fourth-order valence-corrected chi connectivity index (χ4v) is 4.87. The first-order valence-corrected chi connectivity index (χ1v) is 12.6. The monoisotopic (exact) mass is 534 g/mol. The van der Waals surface area contributed by atoms with Crippen molar-refractivity contribution in [1.82, 2.24) is 10.3 Å². The van der Waals surface area contributed by atoms with E-state index in [1.807, 2.05) is 0 Å². The third-order valence-electron chi connectivity index (χ3n) is 4.93. The van der Waals surface area contributed by atoms with Crippen LogP contribution < -0.4 is 24.7 Å². The fourth-order valence-electron chi connectivity index (χ4n) is 3.33. The molecular weight excluding hydrogens is 516 g/mol. The lowest BCUT2D eigenvalue weighted by Gasteiger charge is -2.15. The minimum absolute atomic E-state index is 0.0329. The van der Waals surface area contributed by atoms with E-state index in [1.54, 1.807) is 18.2 Å². The lowest BCUT2D eigenvalue weighted by atomic mass is 10.1. The molecule has 0 saturated carbocycles. The highest BCUT2D eigenvalue weighted by molar-refractivity contribution is 8.18. The molecule has 0 bridgehead atoms. The number of fused-ring (bicyclic) bond motifs is 1. The molecule has 1 aromatic heterocycles. The topological polar surface area (TPSA) is 142 Å². The van der Waals surface area contributed by atoms with E-state index in [2.05, 4.69) is 15.3 Å². The van der Waals surface area contributed by atoms with Crippen LogP contribution in [-0.4, -0.2) is 45.8 Å². The van der Waals surface area contributed by atoms with E-state index < -0.39 is 10.0 Å². The molecular formula is C22H19ClN4O6S2. The summed E-state index contributed by atoms with van der Waals surface area (Å²) in [5, 5.41) is 8.93. The average Bonchev–Trinajstić information content (AvgIpc) is 3.16. The molecule has 2 heterocycles. The highest BCUT2D eigenvalue weighted by Gasteiger charge is 2.25. The molecule has 3 aromatic rings. The largest absolute Gasteiger partial charge is 0.493 e. The van der Waals surface area contributed by atoms with Crippen molar-refractivity contribution in [2.45, 2.75) is 4.90 Å². The third kappa shape index (κ3) is 5.05. The number of halogens is 1. The first-order chi connectivity index (χ1) is 16.6. The second kappa shape index (κ2) is 9.74. The van der Waals surface area contributed by atoms with Gasteiger partial charge in [-0.25, -0.2) is 23.5 Å². The van der Waals surface area contributed by atoms with Crippen LogP contribution in [0.15, 0.2) is 51.2 Å². The molecule has 182 valence electrons. The maximum Gasteiger partial charge on any atom is 0.264 e. The van der Waals surface area contributed by atoms with Gasteiger partial charge >= 0.3 is 0 Å². The minimum atomic E-state index is -3.81. The van der Waals surface area contributed by atoms with Gasteiger partial charge in [0.05, 0.1) is 36.8 Å². The van der Waals surface area contributed by atoms with Gasteiger partial charge in [-0.3, -0.25) is 4.79 Å². The maximum absolute atomic E-state index is 12.5. The Kier molecular flexibility index (Phi) is 6.90. The number of benzene rings is 2. The number of rotatable bonds is 6. The van der Waals surface area contributed by atoms with Crippen molar-refractivity contribution in [2.75, 3.05) is 21.3 Å².